The standard InChI is InChI=1S/C20H27N5O4/c1-14-8-12-29-18(14)19(27)21-15-6-10-23(11-7-15)17(26)13-25-20(28)24-9-4-2-3-5-16(24)22-25/h8,12,15H,2-7,9-11,13H2,1H3,(H,21,27). The predicted octanol–water partition coefficient (Wildman–Crippen LogP) is 1.09. The van der Waals surface area contributed by atoms with E-state index in [0.717, 1.165) is 37.1 Å². The normalized spacial score (nSPS) is 17.6. The predicted molar refractivity (Wildman–Crippen MR) is 105 cm³/mol. The van der Waals surface area contributed by atoms with Crippen LogP contribution in [0.5, 0.6) is 0 Å². The number of likely N-dealkylation sites (tertiary alicyclic amines) is 1. The third-order valence-corrected chi connectivity index (χ3v) is 5.82. The summed E-state index contributed by atoms with van der Waals surface area (Å²) in [4.78, 5) is 39.2. The first kappa shape index (κ1) is 19.5. The Kier molecular flexibility index (Phi) is 5.55. The van der Waals surface area contributed by atoms with Crippen molar-refractivity contribution in [2.75, 3.05) is 13.1 Å². The van der Waals surface area contributed by atoms with Gasteiger partial charge in [0.2, 0.25) is 5.91 Å². The second kappa shape index (κ2) is 8.26. The van der Waals surface area contributed by atoms with E-state index in [1.807, 2.05) is 6.92 Å². The zero-order valence-electron chi connectivity index (χ0n) is 16.7. The van der Waals surface area contributed by atoms with Crippen LogP contribution in [-0.2, 0) is 24.3 Å². The van der Waals surface area contributed by atoms with Gasteiger partial charge in [-0.15, -0.1) is 0 Å². The minimum Gasteiger partial charge on any atom is -0.459 e. The van der Waals surface area contributed by atoms with Crippen LogP contribution in [0.4, 0.5) is 0 Å². The molecule has 0 saturated carbocycles. The average Bonchev–Trinajstić information content (AvgIpc) is 3.17. The lowest BCUT2D eigenvalue weighted by Gasteiger charge is -2.32. The maximum absolute atomic E-state index is 12.7. The van der Waals surface area contributed by atoms with Crippen LogP contribution in [-0.4, -0.2) is 50.2 Å². The molecule has 2 aliphatic rings. The number of nitrogens with one attached hydrogen (secondary N) is 1. The third-order valence-electron chi connectivity index (χ3n) is 5.82. The SMILES string of the molecule is Cc1ccoc1C(=O)NC1CCN(C(=O)Cn2nc3n(c2=O)CCCCC3)CC1. The molecule has 2 aromatic rings. The van der Waals surface area contributed by atoms with Gasteiger partial charge in [-0.3, -0.25) is 14.2 Å². The van der Waals surface area contributed by atoms with E-state index in [2.05, 4.69) is 10.4 Å². The molecule has 0 atom stereocenters. The molecule has 0 spiro atoms. The molecule has 0 unspecified atom stereocenters. The van der Waals surface area contributed by atoms with Crippen molar-refractivity contribution in [3.8, 4) is 0 Å². The molecule has 156 valence electrons. The van der Waals surface area contributed by atoms with Gasteiger partial charge in [-0.1, -0.05) is 6.42 Å². The summed E-state index contributed by atoms with van der Waals surface area (Å²) in [7, 11) is 0. The maximum Gasteiger partial charge on any atom is 0.346 e. The monoisotopic (exact) mass is 401 g/mol. The first-order valence-corrected chi connectivity index (χ1v) is 10.3. The van der Waals surface area contributed by atoms with E-state index in [1.165, 1.54) is 10.9 Å². The quantitative estimate of drug-likeness (QED) is 0.826. The molecule has 0 aliphatic carbocycles. The van der Waals surface area contributed by atoms with Crippen LogP contribution in [0.1, 0.15) is 54.0 Å². The lowest BCUT2D eigenvalue weighted by molar-refractivity contribution is -0.133. The van der Waals surface area contributed by atoms with Gasteiger partial charge >= 0.3 is 5.69 Å². The number of amides is 2. The van der Waals surface area contributed by atoms with Crippen molar-refractivity contribution in [1.82, 2.24) is 24.6 Å². The molecule has 1 saturated heterocycles. The molecule has 0 aromatic carbocycles. The summed E-state index contributed by atoms with van der Waals surface area (Å²) in [5, 5.41) is 7.37. The summed E-state index contributed by atoms with van der Waals surface area (Å²) < 4.78 is 8.24. The molecular formula is C20H27N5O4. The van der Waals surface area contributed by atoms with Crippen molar-refractivity contribution in [3.63, 3.8) is 0 Å². The van der Waals surface area contributed by atoms with E-state index in [1.54, 1.807) is 15.5 Å². The molecule has 4 rings (SSSR count). The summed E-state index contributed by atoms with van der Waals surface area (Å²) in [6.45, 7) is 3.58. The highest BCUT2D eigenvalue weighted by molar-refractivity contribution is 5.93. The highest BCUT2D eigenvalue weighted by Crippen LogP contribution is 2.14. The summed E-state index contributed by atoms with van der Waals surface area (Å²) in [5.74, 6) is 0.799. The molecule has 9 nitrogen and oxygen atoms in total. The number of carbonyl (C=O) groups is 2. The van der Waals surface area contributed by atoms with E-state index >= 15 is 0 Å². The van der Waals surface area contributed by atoms with Gasteiger partial charge in [-0.05, 0) is 38.7 Å². The lowest BCUT2D eigenvalue weighted by atomic mass is 10.0. The summed E-state index contributed by atoms with van der Waals surface area (Å²) in [5.41, 5.74) is 0.616. The Morgan fingerprint density at radius 1 is 1.21 bits per heavy atom. The molecule has 4 heterocycles. The summed E-state index contributed by atoms with van der Waals surface area (Å²) >= 11 is 0. The van der Waals surface area contributed by atoms with E-state index < -0.39 is 0 Å². The molecule has 0 radical (unpaired) electrons. The van der Waals surface area contributed by atoms with Gasteiger partial charge in [-0.2, -0.15) is 5.10 Å². The number of nitrogens with zero attached hydrogens (tertiary/aromatic N) is 4. The Morgan fingerprint density at radius 3 is 2.72 bits per heavy atom. The first-order valence-electron chi connectivity index (χ1n) is 10.3. The minimum absolute atomic E-state index is 0.00226. The molecule has 2 aromatic heterocycles. The largest absolute Gasteiger partial charge is 0.459 e. The van der Waals surface area contributed by atoms with Crippen LogP contribution >= 0.6 is 0 Å². The summed E-state index contributed by atoms with van der Waals surface area (Å²) in [6.07, 6.45) is 6.74. The van der Waals surface area contributed by atoms with Gasteiger partial charge in [0.05, 0.1) is 6.26 Å². The zero-order valence-corrected chi connectivity index (χ0v) is 16.7. The third kappa shape index (κ3) is 4.13. The number of hydrogen-bond acceptors (Lipinski definition) is 5. The first-order chi connectivity index (χ1) is 14.0. The molecule has 1 fully saturated rings. The Morgan fingerprint density at radius 2 is 2.00 bits per heavy atom. The molecule has 0 bridgehead atoms. The van der Waals surface area contributed by atoms with Gasteiger partial charge in [0.15, 0.2) is 5.76 Å². The van der Waals surface area contributed by atoms with Crippen LogP contribution in [0.15, 0.2) is 21.5 Å². The van der Waals surface area contributed by atoms with Crippen LogP contribution < -0.4 is 11.0 Å². The zero-order chi connectivity index (χ0) is 20.4. The molecule has 29 heavy (non-hydrogen) atoms. The minimum atomic E-state index is -0.219. The molecular weight excluding hydrogens is 374 g/mol. The molecule has 2 amide bonds. The molecule has 9 heteroatoms. The van der Waals surface area contributed by atoms with Gasteiger partial charge in [0.25, 0.3) is 5.91 Å². The van der Waals surface area contributed by atoms with Gasteiger partial charge in [-0.25, -0.2) is 9.48 Å². The number of aromatic nitrogens is 3. The van der Waals surface area contributed by atoms with E-state index in [-0.39, 0.29) is 30.1 Å². The lowest BCUT2D eigenvalue weighted by Crippen LogP contribution is -2.47. The number of aryl methyl sites for hydroxylation is 2. The number of fused-ring (bicyclic) bond motifs is 1. The number of hydrogen-bond donors (Lipinski definition) is 1. The average molecular weight is 401 g/mol. The van der Waals surface area contributed by atoms with E-state index in [0.29, 0.717) is 38.2 Å². The van der Waals surface area contributed by atoms with Crippen molar-refractivity contribution in [2.24, 2.45) is 0 Å². The van der Waals surface area contributed by atoms with Crippen molar-refractivity contribution < 1.29 is 14.0 Å². The van der Waals surface area contributed by atoms with Crippen molar-refractivity contribution in [1.29, 1.82) is 0 Å². The van der Waals surface area contributed by atoms with Gasteiger partial charge in [0, 0.05) is 37.7 Å². The van der Waals surface area contributed by atoms with Crippen LogP contribution in [0, 0.1) is 6.92 Å². The maximum atomic E-state index is 12.7. The molecule has 1 N–H and O–H groups in total. The second-order valence-electron chi connectivity index (χ2n) is 7.88. The van der Waals surface area contributed by atoms with Gasteiger partial charge in [0.1, 0.15) is 12.4 Å². The Hall–Kier alpha value is -2.84. The molecule has 2 aliphatic heterocycles. The van der Waals surface area contributed by atoms with Crippen LogP contribution in [0.25, 0.3) is 0 Å². The highest BCUT2D eigenvalue weighted by atomic mass is 16.3. The summed E-state index contributed by atoms with van der Waals surface area (Å²) in [6, 6.07) is 1.76. The van der Waals surface area contributed by atoms with E-state index in [4.69, 9.17) is 4.42 Å². The van der Waals surface area contributed by atoms with Crippen molar-refractivity contribution in [3.05, 3.63) is 40.0 Å². The fourth-order valence-electron chi connectivity index (χ4n) is 4.09. The Labute approximate surface area is 168 Å². The second-order valence-corrected chi connectivity index (χ2v) is 7.88. The number of rotatable bonds is 4. The van der Waals surface area contributed by atoms with Crippen molar-refractivity contribution >= 4 is 11.8 Å². The number of piperidine rings is 1. The smallest absolute Gasteiger partial charge is 0.346 e. The number of furan rings is 1. The topological polar surface area (TPSA) is 102 Å². The fourth-order valence-corrected chi connectivity index (χ4v) is 4.09. The van der Waals surface area contributed by atoms with Crippen molar-refractivity contribution in [2.45, 2.75) is 64.6 Å². The van der Waals surface area contributed by atoms with Gasteiger partial charge < -0.3 is 14.6 Å². The highest BCUT2D eigenvalue weighted by Gasteiger charge is 2.26. The van der Waals surface area contributed by atoms with E-state index in [9.17, 15) is 14.4 Å². The Balaban J connectivity index is 1.31. The number of carbonyl (C=O) groups excluding carboxylic acids is 2. The van der Waals surface area contributed by atoms with Crippen LogP contribution in [0.3, 0.4) is 0 Å². The fraction of sp³-hybridized carbons (Fsp3) is 0.600. The Bertz CT molecular complexity index is 948. The van der Waals surface area contributed by atoms with Crippen LogP contribution in [0.2, 0.25) is 0 Å².